The number of benzene rings is 1. The van der Waals surface area contributed by atoms with Crippen LogP contribution in [0.15, 0.2) is 47.1 Å². The molecule has 130 valence electrons. The first-order valence-corrected chi connectivity index (χ1v) is 10.2. The lowest BCUT2D eigenvalue weighted by Crippen LogP contribution is -2.33. The molecular formula is C19H21N3OS2. The van der Waals surface area contributed by atoms with E-state index < -0.39 is 0 Å². The van der Waals surface area contributed by atoms with E-state index in [4.69, 9.17) is 0 Å². The lowest BCUT2D eigenvalue weighted by molar-refractivity contribution is -0.119. The summed E-state index contributed by atoms with van der Waals surface area (Å²) in [6, 6.07) is 10.4. The number of nitrogens with one attached hydrogen (secondary N) is 1. The average Bonchev–Trinajstić information content (AvgIpc) is 3.05. The molecule has 1 atom stereocenters. The van der Waals surface area contributed by atoms with Gasteiger partial charge in [0, 0.05) is 17.0 Å². The summed E-state index contributed by atoms with van der Waals surface area (Å²) in [5.41, 5.74) is 2.27. The van der Waals surface area contributed by atoms with Crippen LogP contribution in [0.3, 0.4) is 0 Å². The summed E-state index contributed by atoms with van der Waals surface area (Å²) in [5, 5.41) is 7.06. The summed E-state index contributed by atoms with van der Waals surface area (Å²) in [7, 11) is 0. The van der Waals surface area contributed by atoms with Crippen molar-refractivity contribution in [1.29, 1.82) is 0 Å². The van der Waals surface area contributed by atoms with Crippen LogP contribution in [-0.2, 0) is 4.79 Å². The highest BCUT2D eigenvalue weighted by molar-refractivity contribution is 8.00. The second-order valence-electron chi connectivity index (χ2n) is 5.92. The minimum Gasteiger partial charge on any atom is -0.353 e. The highest BCUT2D eigenvalue weighted by Crippen LogP contribution is 2.37. The molecule has 3 aromatic rings. The maximum atomic E-state index is 12.2. The van der Waals surface area contributed by atoms with Crippen molar-refractivity contribution in [3.8, 4) is 11.1 Å². The van der Waals surface area contributed by atoms with Gasteiger partial charge in [-0.2, -0.15) is 0 Å². The molecule has 1 N–H and O–H groups in total. The van der Waals surface area contributed by atoms with E-state index in [1.807, 2.05) is 25.1 Å². The number of amides is 1. The summed E-state index contributed by atoms with van der Waals surface area (Å²) in [6.07, 6.45) is 3.64. The number of carbonyl (C=O) groups is 1. The standard InChI is InChI=1S/C19H21N3OS2/c1-3-7-13(2)22-16(23)11-25-19-17-15(14-8-5-4-6-9-14)10-24-18(17)20-12-21-19/h4-6,8-10,12-13H,3,7,11H2,1-2H3,(H,22,23). The van der Waals surface area contributed by atoms with E-state index >= 15 is 0 Å². The van der Waals surface area contributed by atoms with E-state index in [-0.39, 0.29) is 11.9 Å². The molecule has 2 heterocycles. The van der Waals surface area contributed by atoms with Crippen LogP contribution in [0.2, 0.25) is 0 Å². The van der Waals surface area contributed by atoms with E-state index in [2.05, 4.69) is 39.7 Å². The van der Waals surface area contributed by atoms with Crippen molar-refractivity contribution in [2.75, 3.05) is 5.75 Å². The Morgan fingerprint density at radius 1 is 1.28 bits per heavy atom. The lowest BCUT2D eigenvalue weighted by Gasteiger charge is -2.12. The number of fused-ring (bicyclic) bond motifs is 1. The van der Waals surface area contributed by atoms with Gasteiger partial charge in [0.2, 0.25) is 5.91 Å². The van der Waals surface area contributed by atoms with E-state index in [0.717, 1.165) is 39.2 Å². The van der Waals surface area contributed by atoms with Crippen LogP contribution in [0.4, 0.5) is 0 Å². The fourth-order valence-electron chi connectivity index (χ4n) is 2.74. The Labute approximate surface area is 156 Å². The van der Waals surface area contributed by atoms with Gasteiger partial charge in [0.1, 0.15) is 16.2 Å². The summed E-state index contributed by atoms with van der Waals surface area (Å²) in [6.45, 7) is 4.16. The Morgan fingerprint density at radius 3 is 2.84 bits per heavy atom. The van der Waals surface area contributed by atoms with Gasteiger partial charge < -0.3 is 5.32 Å². The number of aromatic nitrogens is 2. The molecular weight excluding hydrogens is 350 g/mol. The minimum absolute atomic E-state index is 0.0502. The Hall–Kier alpha value is -1.92. The molecule has 0 radical (unpaired) electrons. The Bertz CT molecular complexity index is 848. The molecule has 2 aromatic heterocycles. The predicted octanol–water partition coefficient (Wildman–Crippen LogP) is 4.76. The van der Waals surface area contributed by atoms with Gasteiger partial charge in [-0.05, 0) is 18.9 Å². The molecule has 0 aliphatic rings. The molecule has 3 rings (SSSR count). The van der Waals surface area contributed by atoms with Crippen molar-refractivity contribution in [2.45, 2.75) is 37.8 Å². The molecule has 0 fully saturated rings. The molecule has 0 bridgehead atoms. The van der Waals surface area contributed by atoms with E-state index in [9.17, 15) is 4.79 Å². The smallest absolute Gasteiger partial charge is 0.230 e. The van der Waals surface area contributed by atoms with Gasteiger partial charge in [-0.1, -0.05) is 55.4 Å². The number of carbonyl (C=O) groups excluding carboxylic acids is 1. The van der Waals surface area contributed by atoms with Crippen molar-refractivity contribution in [1.82, 2.24) is 15.3 Å². The van der Waals surface area contributed by atoms with Gasteiger partial charge in [0.05, 0.1) is 11.1 Å². The zero-order valence-electron chi connectivity index (χ0n) is 14.4. The van der Waals surface area contributed by atoms with Crippen molar-refractivity contribution in [2.24, 2.45) is 0 Å². The van der Waals surface area contributed by atoms with Gasteiger partial charge in [0.15, 0.2) is 0 Å². The zero-order valence-corrected chi connectivity index (χ0v) is 16.0. The van der Waals surface area contributed by atoms with E-state index in [1.165, 1.54) is 11.8 Å². The molecule has 1 unspecified atom stereocenters. The van der Waals surface area contributed by atoms with E-state index in [0.29, 0.717) is 5.75 Å². The fraction of sp³-hybridized carbons (Fsp3) is 0.316. The first kappa shape index (κ1) is 17.9. The van der Waals surface area contributed by atoms with Crippen LogP contribution in [-0.4, -0.2) is 27.7 Å². The van der Waals surface area contributed by atoms with Crippen LogP contribution in [0.1, 0.15) is 26.7 Å². The third kappa shape index (κ3) is 4.38. The molecule has 25 heavy (non-hydrogen) atoms. The highest BCUT2D eigenvalue weighted by Gasteiger charge is 2.15. The van der Waals surface area contributed by atoms with E-state index in [1.54, 1.807) is 17.7 Å². The van der Waals surface area contributed by atoms with Crippen LogP contribution >= 0.6 is 23.1 Å². The van der Waals surface area contributed by atoms with Crippen molar-refractivity contribution >= 4 is 39.2 Å². The van der Waals surface area contributed by atoms with Crippen LogP contribution in [0, 0.1) is 0 Å². The largest absolute Gasteiger partial charge is 0.353 e. The van der Waals surface area contributed by atoms with Crippen LogP contribution < -0.4 is 5.32 Å². The molecule has 0 spiro atoms. The number of nitrogens with zero attached hydrogens (tertiary/aromatic N) is 2. The fourth-order valence-corrected chi connectivity index (χ4v) is 4.55. The van der Waals surface area contributed by atoms with Gasteiger partial charge in [-0.3, -0.25) is 4.79 Å². The number of thioether (sulfide) groups is 1. The number of thiophene rings is 1. The number of rotatable bonds is 7. The third-order valence-corrected chi connectivity index (χ3v) is 5.77. The Balaban J connectivity index is 1.80. The van der Waals surface area contributed by atoms with Gasteiger partial charge >= 0.3 is 0 Å². The molecule has 0 saturated carbocycles. The summed E-state index contributed by atoms with van der Waals surface area (Å²) in [4.78, 5) is 21.9. The average molecular weight is 372 g/mol. The third-order valence-electron chi connectivity index (χ3n) is 3.89. The van der Waals surface area contributed by atoms with Crippen LogP contribution in [0.5, 0.6) is 0 Å². The van der Waals surface area contributed by atoms with Gasteiger partial charge in [-0.25, -0.2) is 9.97 Å². The molecule has 4 nitrogen and oxygen atoms in total. The monoisotopic (exact) mass is 371 g/mol. The maximum absolute atomic E-state index is 12.2. The first-order valence-electron chi connectivity index (χ1n) is 8.38. The van der Waals surface area contributed by atoms with Crippen molar-refractivity contribution in [3.05, 3.63) is 42.0 Å². The molecule has 6 heteroatoms. The van der Waals surface area contributed by atoms with Gasteiger partial charge in [-0.15, -0.1) is 11.3 Å². The quantitative estimate of drug-likeness (QED) is 0.481. The number of hydrogen-bond acceptors (Lipinski definition) is 5. The highest BCUT2D eigenvalue weighted by atomic mass is 32.2. The Morgan fingerprint density at radius 2 is 2.08 bits per heavy atom. The predicted molar refractivity (Wildman–Crippen MR) is 106 cm³/mol. The molecule has 0 aliphatic carbocycles. The number of hydrogen-bond donors (Lipinski definition) is 1. The molecule has 1 aromatic carbocycles. The maximum Gasteiger partial charge on any atom is 0.230 e. The van der Waals surface area contributed by atoms with Crippen LogP contribution in [0.25, 0.3) is 21.3 Å². The second-order valence-corrected chi connectivity index (χ2v) is 7.74. The minimum atomic E-state index is 0.0502. The molecule has 0 saturated heterocycles. The SMILES string of the molecule is CCCC(C)NC(=O)CSc1ncnc2scc(-c3ccccc3)c12. The summed E-state index contributed by atoms with van der Waals surface area (Å²) >= 11 is 3.08. The summed E-state index contributed by atoms with van der Waals surface area (Å²) < 4.78 is 0. The second kappa shape index (κ2) is 8.45. The zero-order chi connectivity index (χ0) is 17.6. The Kier molecular flexibility index (Phi) is 6.04. The topological polar surface area (TPSA) is 54.9 Å². The molecule has 0 aliphatic heterocycles. The van der Waals surface area contributed by atoms with Crippen molar-refractivity contribution < 1.29 is 4.79 Å². The lowest BCUT2D eigenvalue weighted by atomic mass is 10.1. The normalized spacial score (nSPS) is 12.2. The van der Waals surface area contributed by atoms with Gasteiger partial charge in [0.25, 0.3) is 0 Å². The molecule has 1 amide bonds. The summed E-state index contributed by atoms with van der Waals surface area (Å²) in [5.74, 6) is 0.416. The van der Waals surface area contributed by atoms with Crippen molar-refractivity contribution in [3.63, 3.8) is 0 Å². The first-order chi connectivity index (χ1) is 12.2.